The summed E-state index contributed by atoms with van der Waals surface area (Å²) in [6.07, 6.45) is 2.80. The monoisotopic (exact) mass is 402 g/mol. The summed E-state index contributed by atoms with van der Waals surface area (Å²) in [5.41, 5.74) is 0.169. The molecule has 2 aromatic heterocycles. The molecule has 0 saturated heterocycles. The number of hydrogen-bond acceptors (Lipinski definition) is 4. The molecular weight excluding hydrogens is 382 g/mol. The van der Waals surface area contributed by atoms with Crippen LogP contribution in [0.25, 0.3) is 10.9 Å². The lowest BCUT2D eigenvalue weighted by atomic mass is 10.0. The van der Waals surface area contributed by atoms with Crippen molar-refractivity contribution < 1.29 is 23.8 Å². The number of aliphatic hydroxyl groups is 1. The van der Waals surface area contributed by atoms with Crippen LogP contribution < -0.4 is 5.43 Å². The van der Waals surface area contributed by atoms with E-state index in [1.54, 1.807) is 4.57 Å². The minimum absolute atomic E-state index is 0.0331. The number of carboxylic acids is 1. The van der Waals surface area contributed by atoms with E-state index in [1.807, 2.05) is 13.8 Å². The molecule has 6 nitrogen and oxygen atoms in total. The number of benzene rings is 1. The predicted molar refractivity (Wildman–Crippen MR) is 103 cm³/mol. The lowest BCUT2D eigenvalue weighted by Gasteiger charge is -2.24. The summed E-state index contributed by atoms with van der Waals surface area (Å²) in [6, 6.07) is 4.48. The van der Waals surface area contributed by atoms with Crippen molar-refractivity contribution in [1.29, 1.82) is 0 Å². The van der Waals surface area contributed by atoms with Gasteiger partial charge in [-0.05, 0) is 29.7 Å². The summed E-state index contributed by atoms with van der Waals surface area (Å²) in [5.74, 6) is -3.35. The SMILES string of the molecule is CC(C)[C@@H](CO)n1cc(C(=O)O)c(=O)c2cc(Cc3ccc(F)c(F)c3)ncc21. The van der Waals surface area contributed by atoms with Gasteiger partial charge in [0.2, 0.25) is 5.43 Å². The van der Waals surface area contributed by atoms with Crippen molar-refractivity contribution in [3.8, 4) is 0 Å². The van der Waals surface area contributed by atoms with E-state index in [-0.39, 0.29) is 24.3 Å². The maximum atomic E-state index is 13.5. The van der Waals surface area contributed by atoms with Gasteiger partial charge in [0.25, 0.3) is 0 Å². The van der Waals surface area contributed by atoms with Gasteiger partial charge in [0, 0.05) is 23.7 Å². The summed E-state index contributed by atoms with van der Waals surface area (Å²) in [7, 11) is 0. The van der Waals surface area contributed by atoms with Gasteiger partial charge in [-0.3, -0.25) is 9.78 Å². The molecule has 1 atom stereocenters. The Morgan fingerprint density at radius 3 is 2.52 bits per heavy atom. The van der Waals surface area contributed by atoms with Crippen LogP contribution >= 0.6 is 0 Å². The normalized spacial score (nSPS) is 12.5. The third-order valence-corrected chi connectivity index (χ3v) is 4.89. The summed E-state index contributed by atoms with van der Waals surface area (Å²) in [4.78, 5) is 28.6. The van der Waals surface area contributed by atoms with Crippen LogP contribution in [0.15, 0.2) is 41.5 Å². The molecule has 3 aromatic rings. The largest absolute Gasteiger partial charge is 0.477 e. The van der Waals surface area contributed by atoms with Crippen LogP contribution in [0, 0.1) is 17.6 Å². The first kappa shape index (κ1) is 20.6. The summed E-state index contributed by atoms with van der Waals surface area (Å²) < 4.78 is 28.1. The van der Waals surface area contributed by atoms with Gasteiger partial charge in [-0.1, -0.05) is 19.9 Å². The van der Waals surface area contributed by atoms with Gasteiger partial charge in [0.1, 0.15) is 5.56 Å². The molecule has 0 fully saturated rings. The molecule has 0 unspecified atom stereocenters. The topological polar surface area (TPSA) is 92.4 Å². The fourth-order valence-electron chi connectivity index (χ4n) is 3.29. The van der Waals surface area contributed by atoms with Crippen molar-refractivity contribution >= 4 is 16.9 Å². The maximum Gasteiger partial charge on any atom is 0.341 e. The Balaban J connectivity index is 2.18. The quantitative estimate of drug-likeness (QED) is 0.661. The molecule has 0 aliphatic heterocycles. The highest BCUT2D eigenvalue weighted by molar-refractivity contribution is 5.92. The molecule has 0 spiro atoms. The number of aromatic carboxylic acids is 1. The number of pyridine rings is 2. The van der Waals surface area contributed by atoms with Gasteiger partial charge in [-0.2, -0.15) is 0 Å². The highest BCUT2D eigenvalue weighted by Gasteiger charge is 2.21. The molecule has 0 aliphatic rings. The minimum atomic E-state index is -1.37. The first-order valence-corrected chi connectivity index (χ1v) is 9.04. The van der Waals surface area contributed by atoms with Crippen LogP contribution in [0.5, 0.6) is 0 Å². The van der Waals surface area contributed by atoms with Crippen LogP contribution in [-0.4, -0.2) is 32.3 Å². The zero-order valence-electron chi connectivity index (χ0n) is 15.9. The van der Waals surface area contributed by atoms with E-state index in [2.05, 4.69) is 4.98 Å². The van der Waals surface area contributed by atoms with E-state index in [0.29, 0.717) is 16.8 Å². The van der Waals surface area contributed by atoms with Crippen molar-refractivity contribution in [3.05, 3.63) is 75.3 Å². The van der Waals surface area contributed by atoms with E-state index in [1.165, 1.54) is 24.5 Å². The van der Waals surface area contributed by atoms with Crippen molar-refractivity contribution in [2.24, 2.45) is 5.92 Å². The minimum Gasteiger partial charge on any atom is -0.477 e. The second kappa shape index (κ2) is 8.08. The van der Waals surface area contributed by atoms with Gasteiger partial charge in [-0.15, -0.1) is 0 Å². The van der Waals surface area contributed by atoms with E-state index in [0.717, 1.165) is 12.1 Å². The Morgan fingerprint density at radius 2 is 1.93 bits per heavy atom. The van der Waals surface area contributed by atoms with Gasteiger partial charge in [0.05, 0.1) is 24.4 Å². The Bertz CT molecular complexity index is 1140. The van der Waals surface area contributed by atoms with Crippen molar-refractivity contribution in [2.75, 3.05) is 6.61 Å². The second-order valence-electron chi connectivity index (χ2n) is 7.20. The third kappa shape index (κ3) is 4.02. The molecule has 29 heavy (non-hydrogen) atoms. The third-order valence-electron chi connectivity index (χ3n) is 4.89. The molecule has 0 saturated carbocycles. The summed E-state index contributed by atoms with van der Waals surface area (Å²) in [6.45, 7) is 3.50. The molecule has 3 rings (SSSR count). The number of hydrogen-bond donors (Lipinski definition) is 2. The second-order valence-corrected chi connectivity index (χ2v) is 7.20. The summed E-state index contributed by atoms with van der Waals surface area (Å²) >= 11 is 0. The van der Waals surface area contributed by atoms with E-state index >= 15 is 0 Å². The van der Waals surface area contributed by atoms with Crippen LogP contribution in [0.3, 0.4) is 0 Å². The van der Waals surface area contributed by atoms with Crippen molar-refractivity contribution in [1.82, 2.24) is 9.55 Å². The molecule has 2 N–H and O–H groups in total. The van der Waals surface area contributed by atoms with E-state index in [4.69, 9.17) is 0 Å². The molecule has 8 heteroatoms. The standard InChI is InChI=1S/C21H20F2N2O4/c1-11(2)19(10-26)25-9-15(21(28)29)20(27)14-7-13(24-8-18(14)25)5-12-3-4-16(22)17(23)6-12/h3-4,6-9,11,19,26H,5,10H2,1-2H3,(H,28,29)/t19-/m1/s1. The Kier molecular flexibility index (Phi) is 5.74. The van der Waals surface area contributed by atoms with E-state index in [9.17, 15) is 28.6 Å². The van der Waals surface area contributed by atoms with Crippen LogP contribution in [0.2, 0.25) is 0 Å². The Hall–Kier alpha value is -3.13. The first-order valence-electron chi connectivity index (χ1n) is 9.04. The zero-order valence-corrected chi connectivity index (χ0v) is 15.9. The van der Waals surface area contributed by atoms with Gasteiger partial charge in [-0.25, -0.2) is 13.6 Å². The molecule has 2 heterocycles. The average Bonchev–Trinajstić information content (AvgIpc) is 2.66. The van der Waals surface area contributed by atoms with Crippen LogP contribution in [-0.2, 0) is 6.42 Å². The molecule has 0 amide bonds. The molecule has 0 bridgehead atoms. The number of rotatable bonds is 6. The highest BCUT2D eigenvalue weighted by Crippen LogP contribution is 2.23. The van der Waals surface area contributed by atoms with Crippen LogP contribution in [0.1, 0.15) is 41.5 Å². The number of carbonyl (C=O) groups is 1. The first-order chi connectivity index (χ1) is 13.7. The Morgan fingerprint density at radius 1 is 1.21 bits per heavy atom. The fourth-order valence-corrected chi connectivity index (χ4v) is 3.29. The van der Waals surface area contributed by atoms with Crippen LogP contribution in [0.4, 0.5) is 8.78 Å². The Labute approximate surface area is 165 Å². The molecule has 152 valence electrons. The molecule has 0 aliphatic carbocycles. The van der Waals surface area contributed by atoms with Gasteiger partial charge in [0.15, 0.2) is 11.6 Å². The van der Waals surface area contributed by atoms with E-state index < -0.39 is 34.6 Å². The van der Waals surface area contributed by atoms with Crippen molar-refractivity contribution in [3.63, 3.8) is 0 Å². The average molecular weight is 402 g/mol. The maximum absolute atomic E-state index is 13.5. The number of halogens is 2. The molecule has 0 radical (unpaired) electrons. The fraction of sp³-hybridized carbons (Fsp3) is 0.286. The highest BCUT2D eigenvalue weighted by atomic mass is 19.2. The number of aromatic nitrogens is 2. The lowest BCUT2D eigenvalue weighted by Crippen LogP contribution is -2.25. The summed E-state index contributed by atoms with van der Waals surface area (Å²) in [5, 5.41) is 19.3. The zero-order chi connectivity index (χ0) is 21.3. The number of aliphatic hydroxyl groups excluding tert-OH is 1. The molecular formula is C21H20F2N2O4. The smallest absolute Gasteiger partial charge is 0.341 e. The van der Waals surface area contributed by atoms with Gasteiger partial charge < -0.3 is 14.8 Å². The number of fused-ring (bicyclic) bond motifs is 1. The molecule has 1 aromatic carbocycles. The predicted octanol–water partition coefficient (Wildman–Crippen LogP) is 3.15. The number of nitrogens with zero attached hydrogens (tertiary/aromatic N) is 2. The van der Waals surface area contributed by atoms with Crippen molar-refractivity contribution in [2.45, 2.75) is 26.3 Å². The number of carboxylic acid groups (broad SMARTS) is 1. The lowest BCUT2D eigenvalue weighted by molar-refractivity contribution is 0.0694. The van der Waals surface area contributed by atoms with Gasteiger partial charge >= 0.3 is 5.97 Å².